The van der Waals surface area contributed by atoms with E-state index < -0.39 is 0 Å². The van der Waals surface area contributed by atoms with E-state index in [2.05, 4.69) is 0 Å². The van der Waals surface area contributed by atoms with Crippen LogP contribution < -0.4 is 9.47 Å². The average Bonchev–Trinajstić information content (AvgIpc) is 2.17. The van der Waals surface area contributed by atoms with Gasteiger partial charge < -0.3 is 14.6 Å². The largest absolute Gasteiger partial charge is 0.504 e. The topological polar surface area (TPSA) is 38.7 Å². The van der Waals surface area contributed by atoms with E-state index in [1.165, 1.54) is 0 Å². The van der Waals surface area contributed by atoms with E-state index in [1.807, 2.05) is 6.92 Å². The summed E-state index contributed by atoms with van der Waals surface area (Å²) in [6.07, 6.45) is 0.913. The molecule has 0 fully saturated rings. The van der Waals surface area contributed by atoms with Gasteiger partial charge in [-0.05, 0) is 18.6 Å². The number of hydrogen-bond acceptors (Lipinski definition) is 3. The first-order valence-corrected chi connectivity index (χ1v) is 4.27. The summed E-state index contributed by atoms with van der Waals surface area (Å²) < 4.78 is 10.3. The Balaban J connectivity index is 2.78. The van der Waals surface area contributed by atoms with E-state index in [9.17, 15) is 5.11 Å². The second kappa shape index (κ2) is 4.60. The molecule has 0 saturated heterocycles. The summed E-state index contributed by atoms with van der Waals surface area (Å²) in [5, 5.41) is 9.38. The molecule has 0 aliphatic heterocycles. The van der Waals surface area contributed by atoms with E-state index in [-0.39, 0.29) is 5.75 Å². The van der Waals surface area contributed by atoms with E-state index in [1.54, 1.807) is 25.3 Å². The number of ether oxygens (including phenoxy) is 2. The zero-order valence-corrected chi connectivity index (χ0v) is 7.91. The summed E-state index contributed by atoms with van der Waals surface area (Å²) in [7, 11) is 1.58. The molecule has 0 saturated carbocycles. The average molecular weight is 182 g/mol. The van der Waals surface area contributed by atoms with Crippen LogP contribution in [0, 0.1) is 0 Å². The normalized spacial score (nSPS) is 9.69. The van der Waals surface area contributed by atoms with Gasteiger partial charge in [-0.15, -0.1) is 0 Å². The van der Waals surface area contributed by atoms with Crippen LogP contribution in [0.25, 0.3) is 0 Å². The van der Waals surface area contributed by atoms with Crippen LogP contribution in [0.5, 0.6) is 17.2 Å². The van der Waals surface area contributed by atoms with Crippen molar-refractivity contribution in [1.82, 2.24) is 0 Å². The van der Waals surface area contributed by atoms with Crippen molar-refractivity contribution in [1.29, 1.82) is 0 Å². The monoisotopic (exact) mass is 182 g/mol. The van der Waals surface area contributed by atoms with Gasteiger partial charge in [0.1, 0.15) is 5.75 Å². The van der Waals surface area contributed by atoms with Crippen LogP contribution in [-0.2, 0) is 0 Å². The van der Waals surface area contributed by atoms with Crippen LogP contribution in [0.2, 0.25) is 0 Å². The highest BCUT2D eigenvalue weighted by molar-refractivity contribution is 5.44. The van der Waals surface area contributed by atoms with Crippen molar-refractivity contribution in [3.63, 3.8) is 0 Å². The Morgan fingerprint density at radius 3 is 2.77 bits per heavy atom. The number of methoxy groups -OCH3 is 1. The summed E-state index contributed by atoms with van der Waals surface area (Å²) in [4.78, 5) is 0. The molecule has 0 aromatic heterocycles. The van der Waals surface area contributed by atoms with Gasteiger partial charge >= 0.3 is 0 Å². The fraction of sp³-hybridized carbons (Fsp3) is 0.400. The Bertz CT molecular complexity index is 271. The predicted octanol–water partition coefficient (Wildman–Crippen LogP) is 2.19. The van der Waals surface area contributed by atoms with E-state index in [0.717, 1.165) is 6.42 Å². The van der Waals surface area contributed by atoms with E-state index >= 15 is 0 Å². The number of benzene rings is 1. The van der Waals surface area contributed by atoms with E-state index in [0.29, 0.717) is 18.1 Å². The molecule has 1 aromatic rings. The molecule has 1 N–H and O–H groups in total. The number of phenolic OH excluding ortho intramolecular Hbond substituents is 1. The highest BCUT2D eigenvalue weighted by Crippen LogP contribution is 2.29. The summed E-state index contributed by atoms with van der Waals surface area (Å²) in [5.74, 6) is 1.30. The minimum Gasteiger partial charge on any atom is -0.504 e. The molecule has 0 heterocycles. The smallest absolute Gasteiger partial charge is 0.164 e. The van der Waals surface area contributed by atoms with Crippen LogP contribution in [0.15, 0.2) is 18.2 Å². The molecule has 3 heteroatoms. The number of rotatable bonds is 4. The quantitative estimate of drug-likeness (QED) is 0.775. The molecule has 0 atom stereocenters. The third-order valence-corrected chi connectivity index (χ3v) is 1.63. The molecule has 72 valence electrons. The van der Waals surface area contributed by atoms with Crippen molar-refractivity contribution in [3.8, 4) is 17.2 Å². The van der Waals surface area contributed by atoms with Gasteiger partial charge in [-0.3, -0.25) is 0 Å². The van der Waals surface area contributed by atoms with Crippen molar-refractivity contribution in [2.45, 2.75) is 13.3 Å². The molecule has 1 rings (SSSR count). The van der Waals surface area contributed by atoms with Gasteiger partial charge in [0.15, 0.2) is 11.5 Å². The highest BCUT2D eigenvalue weighted by Gasteiger charge is 2.03. The van der Waals surface area contributed by atoms with Crippen LogP contribution in [0.4, 0.5) is 0 Å². The van der Waals surface area contributed by atoms with Crippen molar-refractivity contribution >= 4 is 0 Å². The summed E-state index contributed by atoms with van der Waals surface area (Å²) in [6, 6.07) is 4.92. The predicted molar refractivity (Wildman–Crippen MR) is 50.4 cm³/mol. The van der Waals surface area contributed by atoms with Crippen LogP contribution in [0.3, 0.4) is 0 Å². The molecule has 0 spiro atoms. The summed E-state index contributed by atoms with van der Waals surface area (Å²) in [6.45, 7) is 2.61. The molecular weight excluding hydrogens is 168 g/mol. The molecule has 1 aromatic carbocycles. The zero-order chi connectivity index (χ0) is 9.68. The molecular formula is C10H14O3. The zero-order valence-electron chi connectivity index (χ0n) is 7.91. The van der Waals surface area contributed by atoms with Crippen molar-refractivity contribution in [3.05, 3.63) is 18.2 Å². The van der Waals surface area contributed by atoms with Crippen molar-refractivity contribution < 1.29 is 14.6 Å². The minimum atomic E-state index is 0.147. The van der Waals surface area contributed by atoms with Gasteiger partial charge in [0.05, 0.1) is 13.7 Å². The van der Waals surface area contributed by atoms with Gasteiger partial charge in [0, 0.05) is 6.07 Å². The molecule has 0 bridgehead atoms. The summed E-state index contributed by atoms with van der Waals surface area (Å²) in [5.41, 5.74) is 0. The first-order chi connectivity index (χ1) is 6.27. The second-order valence-corrected chi connectivity index (χ2v) is 2.68. The second-order valence-electron chi connectivity index (χ2n) is 2.68. The first kappa shape index (κ1) is 9.71. The standard InChI is InChI=1S/C10H14O3/c1-3-6-13-10-7-8(12-2)4-5-9(10)11/h4-5,7,11H,3,6H2,1-2H3. The molecule has 0 amide bonds. The lowest BCUT2D eigenvalue weighted by Crippen LogP contribution is -1.95. The minimum absolute atomic E-state index is 0.147. The fourth-order valence-corrected chi connectivity index (χ4v) is 0.949. The molecule has 0 unspecified atom stereocenters. The molecule has 0 radical (unpaired) electrons. The Labute approximate surface area is 77.9 Å². The molecule has 13 heavy (non-hydrogen) atoms. The maximum atomic E-state index is 9.38. The Hall–Kier alpha value is -1.38. The maximum Gasteiger partial charge on any atom is 0.164 e. The van der Waals surface area contributed by atoms with Gasteiger partial charge in [0.25, 0.3) is 0 Å². The Morgan fingerprint density at radius 1 is 1.38 bits per heavy atom. The molecule has 3 nitrogen and oxygen atoms in total. The number of phenols is 1. The Kier molecular flexibility index (Phi) is 3.43. The fourth-order valence-electron chi connectivity index (χ4n) is 0.949. The third kappa shape index (κ3) is 2.54. The van der Waals surface area contributed by atoms with Crippen LogP contribution in [0.1, 0.15) is 13.3 Å². The number of hydrogen-bond donors (Lipinski definition) is 1. The molecule has 0 aliphatic rings. The SMILES string of the molecule is CCCOc1cc(OC)ccc1O. The maximum absolute atomic E-state index is 9.38. The van der Waals surface area contributed by atoms with Crippen molar-refractivity contribution in [2.75, 3.05) is 13.7 Å². The molecule has 0 aliphatic carbocycles. The third-order valence-electron chi connectivity index (χ3n) is 1.63. The van der Waals surface area contributed by atoms with Gasteiger partial charge in [-0.1, -0.05) is 6.92 Å². The number of aromatic hydroxyl groups is 1. The Morgan fingerprint density at radius 2 is 2.15 bits per heavy atom. The van der Waals surface area contributed by atoms with Crippen LogP contribution in [-0.4, -0.2) is 18.8 Å². The lowest BCUT2D eigenvalue weighted by Gasteiger charge is -2.08. The van der Waals surface area contributed by atoms with E-state index in [4.69, 9.17) is 9.47 Å². The lowest BCUT2D eigenvalue weighted by molar-refractivity contribution is 0.296. The van der Waals surface area contributed by atoms with Gasteiger partial charge in [-0.25, -0.2) is 0 Å². The lowest BCUT2D eigenvalue weighted by atomic mass is 10.3. The highest BCUT2D eigenvalue weighted by atomic mass is 16.5. The first-order valence-electron chi connectivity index (χ1n) is 4.27. The van der Waals surface area contributed by atoms with Gasteiger partial charge in [-0.2, -0.15) is 0 Å². The van der Waals surface area contributed by atoms with Crippen LogP contribution >= 0.6 is 0 Å². The van der Waals surface area contributed by atoms with Crippen molar-refractivity contribution in [2.24, 2.45) is 0 Å². The summed E-state index contributed by atoms with van der Waals surface area (Å²) >= 11 is 0. The van der Waals surface area contributed by atoms with Gasteiger partial charge in [0.2, 0.25) is 0 Å².